The van der Waals surface area contributed by atoms with Crippen LogP contribution in [0.15, 0.2) is 23.6 Å². The molecule has 19 heavy (non-hydrogen) atoms. The van der Waals surface area contributed by atoms with Crippen molar-refractivity contribution in [2.75, 3.05) is 0 Å². The topological polar surface area (TPSA) is 0 Å². The Kier molecular flexibility index (Phi) is 8.75. The summed E-state index contributed by atoms with van der Waals surface area (Å²) in [4.78, 5) is 0. The average Bonchev–Trinajstić information content (AvgIpc) is 2.89. The van der Waals surface area contributed by atoms with Gasteiger partial charge in [-0.1, -0.05) is 61.5 Å². The van der Waals surface area contributed by atoms with E-state index in [9.17, 15) is 0 Å². The van der Waals surface area contributed by atoms with E-state index in [4.69, 9.17) is 0 Å². The molecular weight excluding hydrogens is 248 g/mol. The third-order valence-corrected chi connectivity index (χ3v) is 3.79. The first-order valence-corrected chi connectivity index (χ1v) is 8.49. The van der Waals surface area contributed by atoms with Crippen LogP contribution in [0.5, 0.6) is 0 Å². The maximum atomic E-state index is 2.30. The molecule has 2 aromatic rings. The van der Waals surface area contributed by atoms with Gasteiger partial charge in [0.05, 0.1) is 0 Å². The molecule has 0 aliphatic heterocycles. The van der Waals surface area contributed by atoms with Crippen LogP contribution in [0.3, 0.4) is 0 Å². The minimum atomic E-state index is 0.612. The van der Waals surface area contributed by atoms with E-state index in [1.54, 1.807) is 5.56 Å². The molecule has 108 valence electrons. The molecule has 0 aliphatic carbocycles. The Morgan fingerprint density at radius 2 is 1.37 bits per heavy atom. The van der Waals surface area contributed by atoms with Crippen LogP contribution in [0, 0.1) is 0 Å². The summed E-state index contributed by atoms with van der Waals surface area (Å²) in [5, 5.41) is 3.65. The molecule has 1 aromatic heterocycles. The standard InChI is InChI=1S/C14H18S.2C2H6/c1-9(2)11-5-6-13-12(7-8-15-13)14(11)10(3)4;2*1-2/h5-10H,1-4H3;2*1-2H3. The van der Waals surface area contributed by atoms with E-state index >= 15 is 0 Å². The van der Waals surface area contributed by atoms with Gasteiger partial charge in [0.1, 0.15) is 0 Å². The molecular formula is C18H30S. The van der Waals surface area contributed by atoms with E-state index in [1.807, 2.05) is 39.0 Å². The van der Waals surface area contributed by atoms with Gasteiger partial charge in [-0.3, -0.25) is 0 Å². The van der Waals surface area contributed by atoms with Gasteiger partial charge in [0.25, 0.3) is 0 Å². The zero-order valence-electron chi connectivity index (χ0n) is 13.9. The Morgan fingerprint density at radius 1 is 0.789 bits per heavy atom. The predicted octanol–water partition coefficient (Wildman–Crippen LogP) is 7.20. The molecule has 0 amide bonds. The first kappa shape index (κ1) is 18.2. The number of thiophene rings is 1. The molecule has 0 spiro atoms. The fourth-order valence-electron chi connectivity index (χ4n) is 2.23. The highest BCUT2D eigenvalue weighted by atomic mass is 32.1. The van der Waals surface area contributed by atoms with Crippen LogP contribution in [0.1, 0.15) is 78.4 Å². The largest absolute Gasteiger partial charge is 0.144 e. The minimum Gasteiger partial charge on any atom is -0.144 e. The van der Waals surface area contributed by atoms with E-state index in [2.05, 4.69) is 51.3 Å². The Hall–Kier alpha value is -0.820. The molecule has 0 unspecified atom stereocenters. The lowest BCUT2D eigenvalue weighted by molar-refractivity contribution is 0.798. The van der Waals surface area contributed by atoms with Gasteiger partial charge >= 0.3 is 0 Å². The summed E-state index contributed by atoms with van der Waals surface area (Å²) in [7, 11) is 0. The highest BCUT2D eigenvalue weighted by molar-refractivity contribution is 7.17. The summed E-state index contributed by atoms with van der Waals surface area (Å²) in [6.07, 6.45) is 0. The predicted molar refractivity (Wildman–Crippen MR) is 92.7 cm³/mol. The Balaban J connectivity index is 0.000000741. The summed E-state index contributed by atoms with van der Waals surface area (Å²) in [5.74, 6) is 1.23. The Labute approximate surface area is 123 Å². The third-order valence-electron chi connectivity index (χ3n) is 2.91. The van der Waals surface area contributed by atoms with Gasteiger partial charge in [0, 0.05) is 4.70 Å². The molecule has 1 heterocycles. The number of rotatable bonds is 2. The molecule has 0 bridgehead atoms. The van der Waals surface area contributed by atoms with Gasteiger partial charge in [0.2, 0.25) is 0 Å². The monoisotopic (exact) mass is 278 g/mol. The second-order valence-corrected chi connectivity index (χ2v) is 5.66. The molecule has 0 fully saturated rings. The summed E-state index contributed by atoms with van der Waals surface area (Å²) in [5.41, 5.74) is 3.06. The van der Waals surface area contributed by atoms with E-state index in [0.29, 0.717) is 11.8 Å². The van der Waals surface area contributed by atoms with E-state index in [0.717, 1.165) is 0 Å². The van der Waals surface area contributed by atoms with Crippen LogP contribution in [0.4, 0.5) is 0 Å². The second-order valence-electron chi connectivity index (χ2n) is 4.71. The second kappa shape index (κ2) is 9.14. The number of fused-ring (bicyclic) bond motifs is 1. The van der Waals surface area contributed by atoms with Crippen molar-refractivity contribution < 1.29 is 0 Å². The molecule has 1 heteroatoms. The smallest absolute Gasteiger partial charge is 0.0345 e. The maximum absolute atomic E-state index is 2.30. The van der Waals surface area contributed by atoms with Gasteiger partial charge in [-0.25, -0.2) is 0 Å². The quantitative estimate of drug-likeness (QED) is 0.545. The van der Waals surface area contributed by atoms with Crippen molar-refractivity contribution >= 4 is 21.4 Å². The van der Waals surface area contributed by atoms with E-state index in [-0.39, 0.29) is 0 Å². The van der Waals surface area contributed by atoms with Crippen LogP contribution < -0.4 is 0 Å². The first-order chi connectivity index (χ1) is 9.11. The molecule has 2 rings (SSSR count). The van der Waals surface area contributed by atoms with Crippen LogP contribution in [0.25, 0.3) is 10.1 Å². The van der Waals surface area contributed by atoms with Crippen LogP contribution in [-0.2, 0) is 0 Å². The maximum Gasteiger partial charge on any atom is 0.0345 e. The van der Waals surface area contributed by atoms with Gasteiger partial charge in [-0.2, -0.15) is 0 Å². The molecule has 0 saturated carbocycles. The summed E-state index contributed by atoms with van der Waals surface area (Å²) >= 11 is 1.84. The fraction of sp³-hybridized carbons (Fsp3) is 0.556. The third kappa shape index (κ3) is 4.35. The molecule has 0 N–H and O–H groups in total. The van der Waals surface area contributed by atoms with Crippen molar-refractivity contribution in [3.8, 4) is 0 Å². The van der Waals surface area contributed by atoms with Crippen molar-refractivity contribution in [1.29, 1.82) is 0 Å². The molecule has 0 aliphatic rings. The van der Waals surface area contributed by atoms with Crippen LogP contribution in [0.2, 0.25) is 0 Å². The zero-order valence-corrected chi connectivity index (χ0v) is 14.7. The Bertz CT molecular complexity index is 463. The zero-order chi connectivity index (χ0) is 15.0. The molecule has 0 radical (unpaired) electrons. The van der Waals surface area contributed by atoms with Crippen LogP contribution in [-0.4, -0.2) is 0 Å². The van der Waals surface area contributed by atoms with Gasteiger partial charge in [-0.15, -0.1) is 11.3 Å². The SMILES string of the molecule is CC.CC.CC(C)c1ccc2sccc2c1C(C)C. The average molecular weight is 279 g/mol. The lowest BCUT2D eigenvalue weighted by atomic mass is 9.88. The first-order valence-electron chi connectivity index (χ1n) is 7.61. The molecule has 1 aromatic carbocycles. The van der Waals surface area contributed by atoms with E-state index in [1.165, 1.54) is 15.6 Å². The van der Waals surface area contributed by atoms with Gasteiger partial charge in [-0.05, 0) is 45.9 Å². The van der Waals surface area contributed by atoms with Crippen molar-refractivity contribution in [3.63, 3.8) is 0 Å². The molecule has 0 nitrogen and oxygen atoms in total. The van der Waals surface area contributed by atoms with Crippen molar-refractivity contribution in [3.05, 3.63) is 34.7 Å². The molecule has 0 saturated heterocycles. The Morgan fingerprint density at radius 3 is 1.84 bits per heavy atom. The van der Waals surface area contributed by atoms with Crippen molar-refractivity contribution in [2.24, 2.45) is 0 Å². The van der Waals surface area contributed by atoms with Gasteiger partial charge in [0.15, 0.2) is 0 Å². The summed E-state index contributed by atoms with van der Waals surface area (Å²) < 4.78 is 1.42. The lowest BCUT2D eigenvalue weighted by Gasteiger charge is -2.17. The number of hydrogen-bond acceptors (Lipinski definition) is 1. The highest BCUT2D eigenvalue weighted by Crippen LogP contribution is 2.35. The van der Waals surface area contributed by atoms with Crippen molar-refractivity contribution in [1.82, 2.24) is 0 Å². The molecule has 0 atom stereocenters. The minimum absolute atomic E-state index is 0.612. The fourth-order valence-corrected chi connectivity index (χ4v) is 3.03. The summed E-state index contributed by atoms with van der Waals surface area (Å²) in [6.45, 7) is 17.1. The number of benzene rings is 1. The lowest BCUT2D eigenvalue weighted by Crippen LogP contribution is -1.98. The highest BCUT2D eigenvalue weighted by Gasteiger charge is 2.13. The number of hydrogen-bond donors (Lipinski definition) is 0. The van der Waals surface area contributed by atoms with E-state index < -0.39 is 0 Å². The summed E-state index contributed by atoms with van der Waals surface area (Å²) in [6, 6.07) is 6.83. The van der Waals surface area contributed by atoms with Crippen LogP contribution >= 0.6 is 11.3 Å². The van der Waals surface area contributed by atoms with Gasteiger partial charge < -0.3 is 0 Å². The van der Waals surface area contributed by atoms with Crippen molar-refractivity contribution in [2.45, 2.75) is 67.2 Å². The normalized spacial score (nSPS) is 10.0.